The third kappa shape index (κ3) is 31.0. The monoisotopic (exact) mass is 745 g/mol. The number of amides is 1. The average molecular weight is 746 g/mol. The predicted octanol–water partition coefficient (Wildman–Crippen LogP) is 9.13. The minimum absolute atomic E-state index is 0.143. The molecular weight excluding hydrogens is 671 g/mol. The van der Waals surface area contributed by atoms with Crippen LogP contribution in [0.3, 0.4) is 0 Å². The molecule has 0 aromatic heterocycles. The van der Waals surface area contributed by atoms with E-state index >= 15 is 0 Å². The Kier molecular flexibility index (Phi) is 42.1. The number of methoxy groups -OCH3 is 3. The minimum atomic E-state index is -1.38. The zero-order valence-electron chi connectivity index (χ0n) is 33.7. The summed E-state index contributed by atoms with van der Waals surface area (Å²) in [4.78, 5) is 35.6. The van der Waals surface area contributed by atoms with Gasteiger partial charge in [0.1, 0.15) is 11.9 Å². The molecule has 13 heteroatoms. The lowest BCUT2D eigenvalue weighted by Gasteiger charge is -2.37. The Bertz CT molecular complexity index is 789. The molecule has 0 aromatic rings. The summed E-state index contributed by atoms with van der Waals surface area (Å²) in [7, 11) is 4.62. The van der Waals surface area contributed by atoms with Crippen molar-refractivity contribution in [3.05, 3.63) is 0 Å². The highest BCUT2D eigenvalue weighted by Gasteiger charge is 2.39. The van der Waals surface area contributed by atoms with Gasteiger partial charge >= 0.3 is 12.2 Å². The Morgan fingerprint density at radius 1 is 0.918 bits per heavy atom. The topological polar surface area (TPSA) is 152 Å². The summed E-state index contributed by atoms with van der Waals surface area (Å²) in [5.41, 5.74) is -1.08. The lowest BCUT2D eigenvalue weighted by molar-refractivity contribution is -0.116. The average Bonchev–Trinajstić information content (AvgIpc) is 3.04. The number of aliphatic hydroxyl groups excluding tert-OH is 1. The van der Waals surface area contributed by atoms with Crippen molar-refractivity contribution >= 4 is 47.2 Å². The van der Waals surface area contributed by atoms with Gasteiger partial charge < -0.3 is 44.0 Å². The van der Waals surface area contributed by atoms with Gasteiger partial charge in [-0.05, 0) is 62.5 Å². The Hall–Kier alpha value is -1.51. The Labute approximate surface area is 309 Å². The molecule has 6 unspecified atom stereocenters. The molecule has 1 amide bonds. The van der Waals surface area contributed by atoms with Crippen molar-refractivity contribution in [2.24, 2.45) is 29.6 Å². The number of thioether (sulfide) groups is 1. The van der Waals surface area contributed by atoms with E-state index in [0.29, 0.717) is 31.7 Å². The van der Waals surface area contributed by atoms with Crippen LogP contribution in [0.25, 0.3) is 0 Å². The van der Waals surface area contributed by atoms with Crippen molar-refractivity contribution in [2.75, 3.05) is 40.7 Å². The first-order chi connectivity index (χ1) is 22.9. The van der Waals surface area contributed by atoms with Crippen LogP contribution in [0.15, 0.2) is 0 Å². The summed E-state index contributed by atoms with van der Waals surface area (Å²) in [5.74, 6) is 0.568. The molecule has 0 spiro atoms. The molecule has 296 valence electrons. The van der Waals surface area contributed by atoms with Gasteiger partial charge in [0, 0.05) is 51.5 Å². The van der Waals surface area contributed by atoms with Crippen molar-refractivity contribution in [3.8, 4) is 0 Å². The maximum absolute atomic E-state index is 11.9. The first-order valence-electron chi connectivity index (χ1n) is 17.5. The van der Waals surface area contributed by atoms with Gasteiger partial charge in [0.15, 0.2) is 6.29 Å². The second kappa shape index (κ2) is 36.3. The first-order valence-corrected chi connectivity index (χ1v) is 19.3. The van der Waals surface area contributed by atoms with Crippen LogP contribution >= 0.6 is 24.0 Å². The fourth-order valence-electron chi connectivity index (χ4n) is 5.49. The molecule has 0 rings (SSSR count). The molecular formula is C36H75NO10S2. The number of aldehydes is 1. The first kappa shape index (κ1) is 56.9. The number of nitrogens with zero attached hydrogens (tertiary/aromatic N) is 1. The standard InChI is InChI=1S/C24H45NO8.C6H14O2.C2H4S2.2C2H6/c1-9-20(31-7)24(6,33-23(29)30)13-17(3)14-25(22(27)28)11-10-16(2)12-18(4)21(32-8)19(5)15-26;1-5(2)4-6(7)8-3;1-4-2-3;2*1-2/h15-21H,9-14H2,1-8H3,(H,27,28)(H,29,30);5-7H,4H2,1-3H3;2H,1H3;2*1-2H3/t16?,17-,18?,19?,20?,21?,24+;;;;/m1..../s1. The van der Waals surface area contributed by atoms with Gasteiger partial charge in [-0.2, -0.15) is 0 Å². The number of hydrogen-bond acceptors (Lipinski definition) is 10. The highest BCUT2D eigenvalue weighted by molar-refractivity contribution is 8.20. The van der Waals surface area contributed by atoms with E-state index in [2.05, 4.69) is 23.9 Å². The molecule has 0 fully saturated rings. The van der Waals surface area contributed by atoms with Gasteiger partial charge in [-0.1, -0.05) is 88.4 Å². The molecule has 0 aromatic carbocycles. The number of ether oxygens (including phenoxy) is 4. The highest BCUT2D eigenvalue weighted by Crippen LogP contribution is 2.30. The van der Waals surface area contributed by atoms with Crippen LogP contribution in [0.4, 0.5) is 9.59 Å². The van der Waals surface area contributed by atoms with Crippen LogP contribution in [0.2, 0.25) is 0 Å². The third-order valence-corrected chi connectivity index (χ3v) is 8.26. The number of hydrogen-bond donors (Lipinski definition) is 3. The highest BCUT2D eigenvalue weighted by atomic mass is 32.2. The van der Waals surface area contributed by atoms with E-state index in [9.17, 15) is 24.6 Å². The van der Waals surface area contributed by atoms with Crippen molar-refractivity contribution in [1.82, 2.24) is 4.90 Å². The smallest absolute Gasteiger partial charge is 0.465 e. The number of carbonyl (C=O) groups excluding carboxylic acids is 1. The second-order valence-electron chi connectivity index (χ2n) is 12.3. The number of thiocarbonyl (C=S) groups is 1. The Morgan fingerprint density at radius 3 is 1.73 bits per heavy atom. The molecule has 0 saturated heterocycles. The molecule has 0 aliphatic heterocycles. The van der Waals surface area contributed by atoms with Crippen LogP contribution < -0.4 is 0 Å². The lowest BCUT2D eigenvalue weighted by atomic mass is 9.85. The zero-order valence-corrected chi connectivity index (χ0v) is 35.3. The van der Waals surface area contributed by atoms with E-state index in [1.165, 1.54) is 19.1 Å². The molecule has 0 aliphatic rings. The van der Waals surface area contributed by atoms with Crippen LogP contribution in [0.1, 0.15) is 115 Å². The fourth-order valence-corrected chi connectivity index (χ4v) is 5.49. The van der Waals surface area contributed by atoms with E-state index in [1.807, 2.05) is 75.5 Å². The third-order valence-electron chi connectivity index (χ3n) is 7.49. The van der Waals surface area contributed by atoms with Crippen LogP contribution in [0.5, 0.6) is 0 Å². The van der Waals surface area contributed by atoms with Crippen LogP contribution in [0, 0.1) is 29.6 Å². The number of carboxylic acid groups (broad SMARTS) is 2. The summed E-state index contributed by atoms with van der Waals surface area (Å²) in [6.45, 7) is 24.1. The van der Waals surface area contributed by atoms with Crippen LogP contribution in [-0.4, -0.2) is 108 Å². The van der Waals surface area contributed by atoms with E-state index in [1.54, 1.807) is 30.5 Å². The maximum Gasteiger partial charge on any atom is 0.506 e. The normalized spacial score (nSPS) is 15.8. The fraction of sp³-hybridized carbons (Fsp3) is 0.889. The predicted molar refractivity (Wildman–Crippen MR) is 208 cm³/mol. The molecule has 49 heavy (non-hydrogen) atoms. The number of aliphatic hydroxyl groups is 1. The zero-order chi connectivity index (χ0) is 39.8. The molecule has 0 bridgehead atoms. The van der Waals surface area contributed by atoms with Gasteiger partial charge in [-0.25, -0.2) is 9.59 Å². The van der Waals surface area contributed by atoms with Crippen molar-refractivity contribution in [2.45, 2.75) is 139 Å². The van der Waals surface area contributed by atoms with E-state index in [0.717, 1.165) is 19.1 Å². The van der Waals surface area contributed by atoms with Gasteiger partial charge in [0.05, 0.1) is 12.2 Å². The molecule has 11 nitrogen and oxygen atoms in total. The SMILES string of the molecule is CC.CC.CCC(OC)[C@](C)(C[C@@H](C)CN(CCC(C)CC(C)C(OC)C(C)C=O)C(=O)O)OC(=O)O.COC(O)CC(C)C.CSC=S. The Balaban J connectivity index is -0.000000334. The summed E-state index contributed by atoms with van der Waals surface area (Å²) >= 11 is 5.94. The van der Waals surface area contributed by atoms with E-state index < -0.39 is 30.2 Å². The Morgan fingerprint density at radius 2 is 1.43 bits per heavy atom. The number of carbonyl (C=O) groups is 3. The van der Waals surface area contributed by atoms with Gasteiger partial charge in [0.25, 0.3) is 0 Å². The largest absolute Gasteiger partial charge is 0.506 e. The summed E-state index contributed by atoms with van der Waals surface area (Å²) in [6, 6.07) is 0. The minimum Gasteiger partial charge on any atom is -0.465 e. The molecule has 0 saturated carbocycles. The van der Waals surface area contributed by atoms with E-state index in [-0.39, 0.29) is 36.3 Å². The summed E-state index contributed by atoms with van der Waals surface area (Å²) in [5, 5.41) is 27.7. The quantitative estimate of drug-likeness (QED) is 0.0445. The molecule has 0 heterocycles. The second-order valence-corrected chi connectivity index (χ2v) is 13.5. The molecule has 0 aliphatic carbocycles. The summed E-state index contributed by atoms with van der Waals surface area (Å²) in [6.07, 6.45) is 2.39. The number of rotatable bonds is 21. The van der Waals surface area contributed by atoms with Gasteiger partial charge in [-0.15, -0.1) is 11.8 Å². The van der Waals surface area contributed by atoms with Gasteiger partial charge in [0.2, 0.25) is 0 Å². The van der Waals surface area contributed by atoms with Crippen molar-refractivity contribution in [1.29, 1.82) is 0 Å². The van der Waals surface area contributed by atoms with Crippen LogP contribution in [-0.2, 0) is 23.7 Å². The summed E-state index contributed by atoms with van der Waals surface area (Å²) < 4.78 is 22.4. The van der Waals surface area contributed by atoms with E-state index in [4.69, 9.17) is 19.3 Å². The molecule has 0 radical (unpaired) electrons. The van der Waals surface area contributed by atoms with Crippen molar-refractivity contribution < 1.29 is 48.7 Å². The van der Waals surface area contributed by atoms with Gasteiger partial charge in [-0.3, -0.25) is 0 Å². The maximum atomic E-state index is 11.9. The lowest BCUT2D eigenvalue weighted by Crippen LogP contribution is -2.47. The molecule has 8 atom stereocenters. The van der Waals surface area contributed by atoms with Crippen molar-refractivity contribution in [3.63, 3.8) is 0 Å². The molecule has 3 N–H and O–H groups in total.